The first-order valence-electron chi connectivity index (χ1n) is 5.45. The smallest absolute Gasteiger partial charge is 0.328 e. The highest BCUT2D eigenvalue weighted by molar-refractivity contribution is 5.82. The summed E-state index contributed by atoms with van der Waals surface area (Å²) in [4.78, 5) is 22.0. The van der Waals surface area contributed by atoms with Crippen molar-refractivity contribution in [2.75, 3.05) is 6.61 Å². The zero-order valence-corrected chi connectivity index (χ0v) is 9.27. The number of carboxylic acids is 1. The van der Waals surface area contributed by atoms with E-state index in [-0.39, 0.29) is 6.04 Å². The molecule has 0 aromatic rings. The molecule has 0 spiro atoms. The fraction of sp³-hybridized carbons (Fsp3) is 0.800. The van der Waals surface area contributed by atoms with E-state index in [1.54, 1.807) is 0 Å². The number of carbonyl (C=O) groups is 2. The summed E-state index contributed by atoms with van der Waals surface area (Å²) in [5, 5.41) is 22.3. The minimum Gasteiger partial charge on any atom is -0.480 e. The molecule has 1 aliphatic carbocycles. The molecule has 0 bridgehead atoms. The van der Waals surface area contributed by atoms with E-state index >= 15 is 0 Å². The molecule has 6 heteroatoms. The number of urea groups is 1. The van der Waals surface area contributed by atoms with Crippen LogP contribution in [0, 0.1) is 5.92 Å². The molecule has 0 aromatic heterocycles. The van der Waals surface area contributed by atoms with Gasteiger partial charge in [-0.15, -0.1) is 0 Å². The second-order valence-corrected chi connectivity index (χ2v) is 4.21. The molecule has 92 valence electrons. The van der Waals surface area contributed by atoms with Gasteiger partial charge < -0.3 is 20.8 Å². The molecule has 1 rings (SSSR count). The predicted octanol–water partition coefficient (Wildman–Crippen LogP) is -0.0803. The van der Waals surface area contributed by atoms with Crippen molar-refractivity contribution >= 4 is 12.0 Å². The second-order valence-electron chi connectivity index (χ2n) is 4.21. The van der Waals surface area contributed by atoms with Crippen LogP contribution in [0.4, 0.5) is 4.79 Å². The molecule has 2 amide bonds. The number of rotatable bonds is 4. The van der Waals surface area contributed by atoms with Crippen molar-refractivity contribution < 1.29 is 19.8 Å². The average Bonchev–Trinajstić information content (AvgIpc) is 2.60. The number of carboxylic acid groups (broad SMARTS) is 1. The Bertz CT molecular complexity index is 270. The predicted molar refractivity (Wildman–Crippen MR) is 57.0 cm³/mol. The van der Waals surface area contributed by atoms with Gasteiger partial charge in [-0.3, -0.25) is 0 Å². The summed E-state index contributed by atoms with van der Waals surface area (Å²) < 4.78 is 0. The van der Waals surface area contributed by atoms with Gasteiger partial charge >= 0.3 is 12.0 Å². The molecule has 1 aliphatic rings. The van der Waals surface area contributed by atoms with E-state index in [4.69, 9.17) is 10.2 Å². The zero-order valence-electron chi connectivity index (χ0n) is 9.27. The lowest BCUT2D eigenvalue weighted by Crippen LogP contribution is -2.50. The summed E-state index contributed by atoms with van der Waals surface area (Å²) in [5.74, 6) is -0.819. The number of hydrogen-bond donors (Lipinski definition) is 4. The zero-order chi connectivity index (χ0) is 12.1. The van der Waals surface area contributed by atoms with Crippen LogP contribution < -0.4 is 10.6 Å². The van der Waals surface area contributed by atoms with Crippen LogP contribution in [-0.4, -0.2) is 40.9 Å². The molecule has 0 saturated heterocycles. The minimum atomic E-state index is -1.24. The third kappa shape index (κ3) is 3.37. The topological polar surface area (TPSA) is 98.7 Å². The van der Waals surface area contributed by atoms with E-state index in [1.807, 2.05) is 0 Å². The van der Waals surface area contributed by atoms with Crippen molar-refractivity contribution in [1.29, 1.82) is 0 Å². The van der Waals surface area contributed by atoms with Gasteiger partial charge in [-0.25, -0.2) is 9.59 Å². The molecule has 0 heterocycles. The lowest BCUT2D eigenvalue weighted by Gasteiger charge is -2.19. The number of aliphatic hydroxyl groups excluding tert-OH is 1. The van der Waals surface area contributed by atoms with E-state index in [0.717, 1.165) is 19.3 Å². The van der Waals surface area contributed by atoms with E-state index in [0.29, 0.717) is 5.92 Å². The lowest BCUT2D eigenvalue weighted by molar-refractivity contribution is -0.140. The van der Waals surface area contributed by atoms with Crippen LogP contribution in [0.25, 0.3) is 0 Å². The number of hydrogen-bond acceptors (Lipinski definition) is 3. The molecule has 1 saturated carbocycles. The van der Waals surface area contributed by atoms with E-state index in [2.05, 4.69) is 17.6 Å². The van der Waals surface area contributed by atoms with E-state index < -0.39 is 24.6 Å². The number of aliphatic carboxylic acids is 1. The summed E-state index contributed by atoms with van der Waals surface area (Å²) in [6.07, 6.45) is 3.08. The molecular formula is C10H18N2O4. The Kier molecular flexibility index (Phi) is 4.54. The quantitative estimate of drug-likeness (QED) is 0.543. The molecule has 4 N–H and O–H groups in total. The molecular weight excluding hydrogens is 212 g/mol. The minimum absolute atomic E-state index is 0.105. The highest BCUT2D eigenvalue weighted by Crippen LogP contribution is 2.24. The van der Waals surface area contributed by atoms with Gasteiger partial charge in [0.15, 0.2) is 6.04 Å². The first kappa shape index (κ1) is 12.8. The van der Waals surface area contributed by atoms with Gasteiger partial charge in [0.1, 0.15) is 0 Å². The monoisotopic (exact) mass is 230 g/mol. The maximum absolute atomic E-state index is 11.4. The summed E-state index contributed by atoms with van der Waals surface area (Å²) in [6, 6.07) is -1.66. The Balaban J connectivity index is 2.37. The van der Waals surface area contributed by atoms with Crippen molar-refractivity contribution in [2.24, 2.45) is 5.92 Å². The SMILES string of the molecule is CC1CCCC1NC(=O)NC(CO)C(=O)O. The summed E-state index contributed by atoms with van der Waals surface area (Å²) in [7, 11) is 0. The van der Waals surface area contributed by atoms with Crippen molar-refractivity contribution in [3.05, 3.63) is 0 Å². The van der Waals surface area contributed by atoms with Crippen LogP contribution in [0.2, 0.25) is 0 Å². The van der Waals surface area contributed by atoms with Crippen LogP contribution in [0.15, 0.2) is 0 Å². The van der Waals surface area contributed by atoms with Gasteiger partial charge in [-0.05, 0) is 18.8 Å². The molecule has 0 radical (unpaired) electrons. The van der Waals surface area contributed by atoms with Gasteiger partial charge in [0, 0.05) is 6.04 Å². The number of amides is 2. The van der Waals surface area contributed by atoms with Gasteiger partial charge in [-0.1, -0.05) is 13.3 Å². The second kappa shape index (κ2) is 5.69. The Morgan fingerprint density at radius 2 is 2.12 bits per heavy atom. The first-order chi connectivity index (χ1) is 7.54. The molecule has 3 unspecified atom stereocenters. The van der Waals surface area contributed by atoms with Gasteiger partial charge in [0.2, 0.25) is 0 Å². The highest BCUT2D eigenvalue weighted by atomic mass is 16.4. The molecule has 16 heavy (non-hydrogen) atoms. The Labute approximate surface area is 94.0 Å². The normalized spacial score (nSPS) is 26.1. The lowest BCUT2D eigenvalue weighted by atomic mass is 10.1. The van der Waals surface area contributed by atoms with Gasteiger partial charge in [-0.2, -0.15) is 0 Å². The molecule has 0 aliphatic heterocycles. The number of aliphatic hydroxyl groups is 1. The van der Waals surface area contributed by atoms with Crippen LogP contribution in [0.1, 0.15) is 26.2 Å². The van der Waals surface area contributed by atoms with Crippen molar-refractivity contribution in [3.8, 4) is 0 Å². The highest BCUT2D eigenvalue weighted by Gasteiger charge is 2.26. The third-order valence-corrected chi connectivity index (χ3v) is 2.96. The Morgan fingerprint density at radius 1 is 1.44 bits per heavy atom. The van der Waals surface area contributed by atoms with Crippen molar-refractivity contribution in [2.45, 2.75) is 38.3 Å². The van der Waals surface area contributed by atoms with Crippen LogP contribution in [0.5, 0.6) is 0 Å². The fourth-order valence-corrected chi connectivity index (χ4v) is 1.91. The first-order valence-corrected chi connectivity index (χ1v) is 5.45. The molecule has 1 fully saturated rings. The largest absolute Gasteiger partial charge is 0.480 e. The van der Waals surface area contributed by atoms with E-state index in [1.165, 1.54) is 0 Å². The van der Waals surface area contributed by atoms with Crippen LogP contribution >= 0.6 is 0 Å². The van der Waals surface area contributed by atoms with Crippen molar-refractivity contribution in [1.82, 2.24) is 10.6 Å². The average molecular weight is 230 g/mol. The summed E-state index contributed by atoms with van der Waals surface area (Å²) in [6.45, 7) is 1.45. The standard InChI is InChI=1S/C10H18N2O4/c1-6-3-2-4-7(6)11-10(16)12-8(5-13)9(14)15/h6-8,13H,2-5H2,1H3,(H,14,15)(H2,11,12,16). The Hall–Kier alpha value is -1.30. The van der Waals surface area contributed by atoms with E-state index in [9.17, 15) is 9.59 Å². The molecule has 3 atom stereocenters. The number of nitrogens with one attached hydrogen (secondary N) is 2. The maximum Gasteiger partial charge on any atom is 0.328 e. The number of carbonyl (C=O) groups excluding carboxylic acids is 1. The fourth-order valence-electron chi connectivity index (χ4n) is 1.91. The van der Waals surface area contributed by atoms with Crippen molar-refractivity contribution in [3.63, 3.8) is 0 Å². The summed E-state index contributed by atoms with van der Waals surface area (Å²) in [5.41, 5.74) is 0. The summed E-state index contributed by atoms with van der Waals surface area (Å²) >= 11 is 0. The molecule has 6 nitrogen and oxygen atoms in total. The van der Waals surface area contributed by atoms with Gasteiger partial charge in [0.25, 0.3) is 0 Å². The van der Waals surface area contributed by atoms with Crippen LogP contribution in [-0.2, 0) is 4.79 Å². The Morgan fingerprint density at radius 3 is 2.56 bits per heavy atom. The van der Waals surface area contributed by atoms with Crippen LogP contribution in [0.3, 0.4) is 0 Å². The van der Waals surface area contributed by atoms with Gasteiger partial charge in [0.05, 0.1) is 6.61 Å². The maximum atomic E-state index is 11.4. The third-order valence-electron chi connectivity index (χ3n) is 2.96. The molecule has 0 aromatic carbocycles.